The van der Waals surface area contributed by atoms with Gasteiger partial charge in [-0.15, -0.1) is 11.3 Å². The molecular weight excluding hydrogens is 266 g/mol. The van der Waals surface area contributed by atoms with Crippen molar-refractivity contribution in [3.63, 3.8) is 0 Å². The average Bonchev–Trinajstić information content (AvgIpc) is 2.82. The molecule has 0 saturated carbocycles. The lowest BCUT2D eigenvalue weighted by molar-refractivity contribution is 0.104. The van der Waals surface area contributed by atoms with Crippen LogP contribution >= 0.6 is 22.9 Å². The number of hydrogen-bond donors (Lipinski definition) is 0. The predicted molar refractivity (Wildman–Crippen MR) is 74.5 cm³/mol. The number of aromatic nitrogens is 1. The maximum atomic E-state index is 12.3. The van der Waals surface area contributed by atoms with Gasteiger partial charge in [0.05, 0.1) is 4.88 Å². The third kappa shape index (κ3) is 2.03. The maximum absolute atomic E-state index is 12.3. The molecular formula is C14H8ClNOS. The molecule has 0 atom stereocenters. The van der Waals surface area contributed by atoms with E-state index in [1.165, 1.54) is 11.3 Å². The molecule has 0 amide bonds. The normalized spacial score (nSPS) is 10.7. The molecule has 0 aliphatic rings. The van der Waals surface area contributed by atoms with Crippen LogP contribution in [0, 0.1) is 0 Å². The van der Waals surface area contributed by atoms with E-state index in [9.17, 15) is 4.79 Å². The fourth-order valence-electron chi connectivity index (χ4n) is 1.73. The van der Waals surface area contributed by atoms with Crippen LogP contribution in [0.2, 0.25) is 5.02 Å². The number of benzene rings is 1. The lowest BCUT2D eigenvalue weighted by atomic mass is 10.1. The number of thiophene rings is 1. The largest absolute Gasteiger partial charge is 0.288 e. The summed E-state index contributed by atoms with van der Waals surface area (Å²) in [5.41, 5.74) is 0.644. The summed E-state index contributed by atoms with van der Waals surface area (Å²) in [6.07, 6.45) is 1.73. The molecule has 3 rings (SSSR count). The van der Waals surface area contributed by atoms with Crippen molar-refractivity contribution >= 4 is 38.9 Å². The van der Waals surface area contributed by atoms with E-state index in [1.54, 1.807) is 30.5 Å². The monoisotopic (exact) mass is 273 g/mol. The molecule has 88 valence electrons. The number of rotatable bonds is 2. The van der Waals surface area contributed by atoms with E-state index in [1.807, 2.05) is 18.2 Å². The van der Waals surface area contributed by atoms with Gasteiger partial charge in [0, 0.05) is 22.2 Å². The van der Waals surface area contributed by atoms with Gasteiger partial charge in [0.2, 0.25) is 5.78 Å². The average molecular weight is 274 g/mol. The zero-order chi connectivity index (χ0) is 12.5. The van der Waals surface area contributed by atoms with Crippen molar-refractivity contribution in [2.45, 2.75) is 0 Å². The second kappa shape index (κ2) is 4.52. The molecule has 0 fully saturated rings. The fourth-order valence-corrected chi connectivity index (χ4v) is 2.82. The van der Waals surface area contributed by atoms with Crippen molar-refractivity contribution in [3.05, 3.63) is 64.1 Å². The zero-order valence-corrected chi connectivity index (χ0v) is 10.8. The van der Waals surface area contributed by atoms with Crippen molar-refractivity contribution in [1.29, 1.82) is 0 Å². The van der Waals surface area contributed by atoms with Gasteiger partial charge >= 0.3 is 0 Å². The van der Waals surface area contributed by atoms with Crippen LogP contribution in [0.5, 0.6) is 0 Å². The molecule has 3 aromatic rings. The molecule has 0 N–H and O–H groups in total. The number of ketones is 1. The van der Waals surface area contributed by atoms with Gasteiger partial charge in [0.1, 0.15) is 4.83 Å². The Morgan fingerprint density at radius 1 is 1.17 bits per heavy atom. The molecule has 0 radical (unpaired) electrons. The van der Waals surface area contributed by atoms with Crippen LogP contribution in [0.15, 0.2) is 48.7 Å². The van der Waals surface area contributed by atoms with Gasteiger partial charge in [0.15, 0.2) is 0 Å². The molecule has 0 aliphatic heterocycles. The minimum Gasteiger partial charge on any atom is -0.288 e. The summed E-state index contributed by atoms with van der Waals surface area (Å²) in [6, 6.07) is 12.6. The Morgan fingerprint density at radius 3 is 2.67 bits per heavy atom. The summed E-state index contributed by atoms with van der Waals surface area (Å²) in [4.78, 5) is 18.1. The summed E-state index contributed by atoms with van der Waals surface area (Å²) in [6.45, 7) is 0. The molecule has 0 unspecified atom stereocenters. The molecule has 2 nitrogen and oxygen atoms in total. The number of halogens is 1. The number of carbonyl (C=O) groups excluding carboxylic acids is 1. The van der Waals surface area contributed by atoms with E-state index in [0.717, 1.165) is 10.2 Å². The highest BCUT2D eigenvalue weighted by atomic mass is 35.5. The van der Waals surface area contributed by atoms with E-state index in [4.69, 9.17) is 11.6 Å². The molecule has 0 bridgehead atoms. The Kier molecular flexibility index (Phi) is 2.86. The summed E-state index contributed by atoms with van der Waals surface area (Å²) in [7, 11) is 0. The molecule has 4 heteroatoms. The second-order valence-corrected chi connectivity index (χ2v) is 5.31. The van der Waals surface area contributed by atoms with Gasteiger partial charge < -0.3 is 0 Å². The van der Waals surface area contributed by atoms with Crippen molar-refractivity contribution in [3.8, 4) is 0 Å². The van der Waals surface area contributed by atoms with Crippen LogP contribution in [0.25, 0.3) is 10.2 Å². The molecule has 0 aliphatic carbocycles. The lowest BCUT2D eigenvalue weighted by Gasteiger charge is -1.97. The standard InChI is InChI=1S/C14H8ClNOS/c15-11-5-3-9(4-6-11)13(17)12-8-10-2-1-7-16-14(10)18-12/h1-8H. The van der Waals surface area contributed by atoms with Gasteiger partial charge in [-0.05, 0) is 36.4 Å². The molecule has 2 aromatic heterocycles. The van der Waals surface area contributed by atoms with Gasteiger partial charge in [-0.3, -0.25) is 4.79 Å². The first-order valence-corrected chi connectivity index (χ1v) is 6.58. The van der Waals surface area contributed by atoms with Crippen LogP contribution in [-0.4, -0.2) is 10.8 Å². The maximum Gasteiger partial charge on any atom is 0.203 e. The lowest BCUT2D eigenvalue weighted by Crippen LogP contribution is -1.97. The minimum absolute atomic E-state index is 0.00895. The van der Waals surface area contributed by atoms with E-state index >= 15 is 0 Å². The second-order valence-electron chi connectivity index (χ2n) is 3.84. The number of hydrogen-bond acceptors (Lipinski definition) is 3. The Hall–Kier alpha value is -1.71. The summed E-state index contributed by atoms with van der Waals surface area (Å²) < 4.78 is 0. The summed E-state index contributed by atoms with van der Waals surface area (Å²) in [5, 5.41) is 1.63. The molecule has 0 saturated heterocycles. The zero-order valence-electron chi connectivity index (χ0n) is 9.26. The summed E-state index contributed by atoms with van der Waals surface area (Å²) >= 11 is 7.22. The predicted octanol–water partition coefficient (Wildman–Crippen LogP) is 4.18. The highest BCUT2D eigenvalue weighted by molar-refractivity contribution is 7.20. The van der Waals surface area contributed by atoms with Gasteiger partial charge in [-0.25, -0.2) is 4.98 Å². The molecule has 18 heavy (non-hydrogen) atoms. The van der Waals surface area contributed by atoms with Crippen molar-refractivity contribution in [2.24, 2.45) is 0 Å². The molecule has 1 aromatic carbocycles. The Morgan fingerprint density at radius 2 is 1.94 bits per heavy atom. The number of carbonyl (C=O) groups is 1. The van der Waals surface area contributed by atoms with Crippen LogP contribution in [0.3, 0.4) is 0 Å². The number of nitrogens with zero attached hydrogens (tertiary/aromatic N) is 1. The third-order valence-electron chi connectivity index (χ3n) is 2.62. The first-order valence-electron chi connectivity index (χ1n) is 5.39. The number of pyridine rings is 1. The summed E-state index contributed by atoms with van der Waals surface area (Å²) in [5.74, 6) is 0.00895. The van der Waals surface area contributed by atoms with E-state index < -0.39 is 0 Å². The van der Waals surface area contributed by atoms with E-state index in [2.05, 4.69) is 4.98 Å². The van der Waals surface area contributed by atoms with Crippen molar-refractivity contribution < 1.29 is 4.79 Å². The molecule has 2 heterocycles. The van der Waals surface area contributed by atoms with Gasteiger partial charge in [0.25, 0.3) is 0 Å². The van der Waals surface area contributed by atoms with Crippen molar-refractivity contribution in [1.82, 2.24) is 4.98 Å². The smallest absolute Gasteiger partial charge is 0.203 e. The van der Waals surface area contributed by atoms with E-state index in [0.29, 0.717) is 15.5 Å². The first-order chi connectivity index (χ1) is 8.74. The third-order valence-corrected chi connectivity index (χ3v) is 3.93. The quantitative estimate of drug-likeness (QED) is 0.656. The fraction of sp³-hybridized carbons (Fsp3) is 0. The highest BCUT2D eigenvalue weighted by Crippen LogP contribution is 2.25. The number of fused-ring (bicyclic) bond motifs is 1. The molecule has 0 spiro atoms. The minimum atomic E-state index is 0.00895. The first kappa shape index (κ1) is 11.4. The van der Waals surface area contributed by atoms with Crippen LogP contribution < -0.4 is 0 Å². The van der Waals surface area contributed by atoms with Gasteiger partial charge in [-0.1, -0.05) is 17.7 Å². The SMILES string of the molecule is O=C(c1ccc(Cl)cc1)c1cc2cccnc2s1. The Balaban J connectivity index is 2.03. The topological polar surface area (TPSA) is 30.0 Å². The van der Waals surface area contributed by atoms with Crippen LogP contribution in [-0.2, 0) is 0 Å². The van der Waals surface area contributed by atoms with Crippen LogP contribution in [0.4, 0.5) is 0 Å². The Labute approximate surface area is 113 Å². The van der Waals surface area contributed by atoms with Crippen LogP contribution in [0.1, 0.15) is 15.2 Å². The van der Waals surface area contributed by atoms with Gasteiger partial charge in [-0.2, -0.15) is 0 Å². The van der Waals surface area contributed by atoms with E-state index in [-0.39, 0.29) is 5.78 Å². The Bertz CT molecular complexity index is 685. The highest BCUT2D eigenvalue weighted by Gasteiger charge is 2.12. The van der Waals surface area contributed by atoms with Crippen molar-refractivity contribution in [2.75, 3.05) is 0 Å².